The lowest BCUT2D eigenvalue weighted by molar-refractivity contribution is -0.130. The van der Waals surface area contributed by atoms with Gasteiger partial charge in [0.15, 0.2) is 11.6 Å². The summed E-state index contributed by atoms with van der Waals surface area (Å²) in [6.45, 7) is 4.07. The van der Waals surface area contributed by atoms with Gasteiger partial charge >= 0.3 is 5.97 Å². The number of nitrogens with zero attached hydrogens (tertiary/aromatic N) is 1. The van der Waals surface area contributed by atoms with E-state index in [2.05, 4.69) is 24.0 Å². The minimum absolute atomic E-state index is 0.309. The van der Waals surface area contributed by atoms with Crippen molar-refractivity contribution >= 4 is 17.9 Å². The van der Waals surface area contributed by atoms with Gasteiger partial charge in [0.1, 0.15) is 5.75 Å². The molecule has 0 aromatic heterocycles. The molecule has 1 aliphatic rings. The Hall–Kier alpha value is -2.88. The summed E-state index contributed by atoms with van der Waals surface area (Å²) in [6, 6.07) is 14.0. The number of hydrogen-bond acceptors (Lipinski definition) is 4. The number of carbonyl (C=O) groups is 1. The predicted octanol–water partition coefficient (Wildman–Crippen LogP) is 4.24. The highest BCUT2D eigenvalue weighted by Gasteiger charge is 2.23. The standard InChI is InChI=1S/C21H21NO3/c1-14-8-10-19(24-3)17(12-14)13-18-21(23)25-20(22-18)11-9-16-7-5-4-6-15(16)2/h4-8,10,12-13H,9,11H2,1-3H3/b18-13+. The summed E-state index contributed by atoms with van der Waals surface area (Å²) in [7, 11) is 1.61. The van der Waals surface area contributed by atoms with Gasteiger partial charge in [0, 0.05) is 12.0 Å². The van der Waals surface area contributed by atoms with Gasteiger partial charge in [-0.05, 0) is 49.6 Å². The average molecular weight is 335 g/mol. The SMILES string of the molecule is COc1ccc(C)cc1/C=C1/N=C(CCc2ccccc2C)OC1=O. The van der Waals surface area contributed by atoms with Crippen molar-refractivity contribution in [2.75, 3.05) is 7.11 Å². The van der Waals surface area contributed by atoms with Gasteiger partial charge in [0.2, 0.25) is 0 Å². The summed E-state index contributed by atoms with van der Waals surface area (Å²) in [6.07, 6.45) is 3.10. The number of cyclic esters (lactones) is 1. The minimum atomic E-state index is -0.414. The van der Waals surface area contributed by atoms with E-state index < -0.39 is 5.97 Å². The van der Waals surface area contributed by atoms with Crippen LogP contribution in [0.3, 0.4) is 0 Å². The van der Waals surface area contributed by atoms with Gasteiger partial charge in [-0.25, -0.2) is 9.79 Å². The van der Waals surface area contributed by atoms with E-state index in [0.717, 1.165) is 17.5 Å². The number of aryl methyl sites for hydroxylation is 3. The molecule has 0 bridgehead atoms. The zero-order chi connectivity index (χ0) is 17.8. The summed E-state index contributed by atoms with van der Waals surface area (Å²) >= 11 is 0. The Kier molecular flexibility index (Phi) is 4.98. The van der Waals surface area contributed by atoms with Crippen molar-refractivity contribution in [3.8, 4) is 5.75 Å². The predicted molar refractivity (Wildman–Crippen MR) is 98.7 cm³/mol. The summed E-state index contributed by atoms with van der Waals surface area (Å²) in [5.41, 5.74) is 4.68. The van der Waals surface area contributed by atoms with Crippen LogP contribution in [-0.2, 0) is 16.0 Å². The molecule has 2 aromatic rings. The lowest BCUT2D eigenvalue weighted by Crippen LogP contribution is -2.05. The normalized spacial score (nSPS) is 15.2. The van der Waals surface area contributed by atoms with Gasteiger partial charge in [-0.1, -0.05) is 35.9 Å². The van der Waals surface area contributed by atoms with Crippen molar-refractivity contribution in [1.29, 1.82) is 0 Å². The summed E-state index contributed by atoms with van der Waals surface area (Å²) in [4.78, 5) is 16.5. The molecule has 25 heavy (non-hydrogen) atoms. The highest BCUT2D eigenvalue weighted by Crippen LogP contribution is 2.25. The molecule has 0 N–H and O–H groups in total. The molecular weight excluding hydrogens is 314 g/mol. The number of aliphatic imine (C=N–C) groups is 1. The Morgan fingerprint density at radius 1 is 1.12 bits per heavy atom. The topological polar surface area (TPSA) is 47.9 Å². The van der Waals surface area contributed by atoms with Crippen LogP contribution in [0.4, 0.5) is 0 Å². The molecule has 0 unspecified atom stereocenters. The first kappa shape index (κ1) is 17.0. The largest absolute Gasteiger partial charge is 0.496 e. The second-order valence-electron chi connectivity index (χ2n) is 6.10. The van der Waals surface area contributed by atoms with Gasteiger partial charge in [0.05, 0.1) is 7.11 Å². The van der Waals surface area contributed by atoms with Crippen molar-refractivity contribution in [2.24, 2.45) is 4.99 Å². The van der Waals surface area contributed by atoms with E-state index in [1.54, 1.807) is 13.2 Å². The van der Waals surface area contributed by atoms with E-state index >= 15 is 0 Å². The van der Waals surface area contributed by atoms with Crippen LogP contribution in [0.5, 0.6) is 5.75 Å². The van der Waals surface area contributed by atoms with Gasteiger partial charge in [-0.15, -0.1) is 0 Å². The first-order valence-electron chi connectivity index (χ1n) is 8.27. The molecule has 1 heterocycles. The van der Waals surface area contributed by atoms with Crippen molar-refractivity contribution in [3.05, 3.63) is 70.4 Å². The fraction of sp³-hybridized carbons (Fsp3) is 0.238. The Balaban J connectivity index is 1.78. The second-order valence-corrected chi connectivity index (χ2v) is 6.10. The zero-order valence-corrected chi connectivity index (χ0v) is 14.7. The van der Waals surface area contributed by atoms with E-state index in [-0.39, 0.29) is 0 Å². The number of esters is 1. The molecule has 0 amide bonds. The Morgan fingerprint density at radius 3 is 2.68 bits per heavy atom. The van der Waals surface area contributed by atoms with Crippen molar-refractivity contribution in [3.63, 3.8) is 0 Å². The van der Waals surface area contributed by atoms with E-state index in [1.165, 1.54) is 11.1 Å². The molecule has 4 heteroatoms. The smallest absolute Gasteiger partial charge is 0.363 e. The molecule has 1 aliphatic heterocycles. The quantitative estimate of drug-likeness (QED) is 0.606. The number of ether oxygens (including phenoxy) is 2. The molecule has 0 atom stereocenters. The number of benzene rings is 2. The average Bonchev–Trinajstić information content (AvgIpc) is 2.94. The summed E-state index contributed by atoms with van der Waals surface area (Å²) < 4.78 is 10.7. The third-order valence-corrected chi connectivity index (χ3v) is 4.21. The van der Waals surface area contributed by atoms with Crippen LogP contribution in [0.1, 0.15) is 28.7 Å². The van der Waals surface area contributed by atoms with Crippen LogP contribution >= 0.6 is 0 Å². The molecule has 4 nitrogen and oxygen atoms in total. The van der Waals surface area contributed by atoms with Gasteiger partial charge in [-0.3, -0.25) is 0 Å². The molecule has 128 valence electrons. The Labute approximate surface area is 147 Å². The molecule has 0 aliphatic carbocycles. The van der Waals surface area contributed by atoms with E-state index in [9.17, 15) is 4.79 Å². The lowest BCUT2D eigenvalue weighted by Gasteiger charge is -2.05. The highest BCUT2D eigenvalue weighted by molar-refractivity contribution is 6.07. The molecular formula is C21H21NO3. The minimum Gasteiger partial charge on any atom is -0.496 e. The van der Waals surface area contributed by atoms with Gasteiger partial charge in [0.25, 0.3) is 0 Å². The summed E-state index contributed by atoms with van der Waals surface area (Å²) in [5, 5.41) is 0. The third kappa shape index (κ3) is 3.97. The molecule has 0 spiro atoms. The molecule has 0 radical (unpaired) electrons. The first-order valence-corrected chi connectivity index (χ1v) is 8.27. The zero-order valence-electron chi connectivity index (χ0n) is 14.7. The van der Waals surface area contributed by atoms with Gasteiger partial charge < -0.3 is 9.47 Å². The van der Waals surface area contributed by atoms with Crippen LogP contribution < -0.4 is 4.74 Å². The van der Waals surface area contributed by atoms with E-state index in [1.807, 2.05) is 37.3 Å². The number of rotatable bonds is 5. The maximum absolute atomic E-state index is 12.1. The Morgan fingerprint density at radius 2 is 1.92 bits per heavy atom. The van der Waals surface area contributed by atoms with Crippen molar-refractivity contribution < 1.29 is 14.3 Å². The molecule has 0 fully saturated rings. The lowest BCUT2D eigenvalue weighted by atomic mass is 10.0. The van der Waals surface area contributed by atoms with Crippen LogP contribution in [0.25, 0.3) is 6.08 Å². The molecule has 2 aromatic carbocycles. The molecule has 0 saturated carbocycles. The number of carbonyl (C=O) groups excluding carboxylic acids is 1. The van der Waals surface area contributed by atoms with Crippen LogP contribution in [-0.4, -0.2) is 19.0 Å². The van der Waals surface area contributed by atoms with Crippen molar-refractivity contribution in [1.82, 2.24) is 0 Å². The Bertz CT molecular complexity index is 865. The van der Waals surface area contributed by atoms with E-state index in [0.29, 0.717) is 23.8 Å². The van der Waals surface area contributed by atoms with Crippen molar-refractivity contribution in [2.45, 2.75) is 26.7 Å². The highest BCUT2D eigenvalue weighted by atomic mass is 16.6. The third-order valence-electron chi connectivity index (χ3n) is 4.21. The fourth-order valence-corrected chi connectivity index (χ4v) is 2.81. The number of methoxy groups -OCH3 is 1. The van der Waals surface area contributed by atoms with Crippen LogP contribution in [0.2, 0.25) is 0 Å². The fourth-order valence-electron chi connectivity index (χ4n) is 2.81. The molecule has 0 saturated heterocycles. The van der Waals surface area contributed by atoms with Gasteiger partial charge in [-0.2, -0.15) is 0 Å². The monoisotopic (exact) mass is 335 g/mol. The number of hydrogen-bond donors (Lipinski definition) is 0. The second kappa shape index (κ2) is 7.34. The maximum atomic E-state index is 12.1. The van der Waals surface area contributed by atoms with Crippen LogP contribution in [0, 0.1) is 13.8 Å². The maximum Gasteiger partial charge on any atom is 0.363 e. The van der Waals surface area contributed by atoms with E-state index in [4.69, 9.17) is 9.47 Å². The summed E-state index contributed by atoms with van der Waals surface area (Å²) in [5.74, 6) is 0.754. The molecule has 3 rings (SSSR count). The van der Waals surface area contributed by atoms with Crippen LogP contribution in [0.15, 0.2) is 53.2 Å². The first-order chi connectivity index (χ1) is 12.1.